The van der Waals surface area contributed by atoms with Gasteiger partial charge in [0.25, 0.3) is 0 Å². The van der Waals surface area contributed by atoms with Gasteiger partial charge < -0.3 is 69.5 Å². The smallest absolute Gasteiger partial charge is 0.381 e. The highest BCUT2D eigenvalue weighted by atomic mass is 19.4. The van der Waals surface area contributed by atoms with E-state index in [1.807, 2.05) is 13.8 Å². The largest absolute Gasteiger partial charge is 0.394 e. The Morgan fingerprint density at radius 2 is 1.33 bits per heavy atom. The summed E-state index contributed by atoms with van der Waals surface area (Å²) < 4.78 is 97.0. The van der Waals surface area contributed by atoms with Crippen LogP contribution in [-0.2, 0) is 67.0 Å². The molecule has 3 aliphatic heterocycles. The molecule has 618 valence electrons. The first kappa shape index (κ1) is 89.6. The lowest BCUT2D eigenvalue weighted by Gasteiger charge is -2.54. The molecular formula is C78H120F6N12O14. The minimum Gasteiger partial charge on any atom is -0.381 e. The van der Waals surface area contributed by atoms with Gasteiger partial charge in [-0.2, -0.15) is 26.3 Å². The highest BCUT2D eigenvalue weighted by molar-refractivity contribution is 6.01. The number of terminal acetylenes is 1. The van der Waals surface area contributed by atoms with Crippen molar-refractivity contribution in [2.45, 2.75) is 261 Å². The minimum atomic E-state index is -4.57. The van der Waals surface area contributed by atoms with Gasteiger partial charge in [-0.25, -0.2) is 0 Å². The molecule has 1 spiro atoms. The van der Waals surface area contributed by atoms with E-state index in [2.05, 4.69) is 21.9 Å². The van der Waals surface area contributed by atoms with Crippen molar-refractivity contribution in [3.63, 3.8) is 0 Å². The van der Waals surface area contributed by atoms with Gasteiger partial charge >= 0.3 is 12.4 Å². The molecule has 0 radical (unpaired) electrons. The Labute approximate surface area is 644 Å². The molecule has 13 atom stereocenters. The third-order valence-corrected chi connectivity index (χ3v) is 24.6. The van der Waals surface area contributed by atoms with Crippen LogP contribution in [0.15, 0.2) is 12.2 Å². The molecule has 26 nitrogen and oxygen atoms in total. The van der Waals surface area contributed by atoms with Crippen molar-refractivity contribution in [1.29, 1.82) is 0 Å². The molecule has 3 unspecified atom stereocenters. The number of hydrogen-bond donors (Lipinski definition) is 3. The van der Waals surface area contributed by atoms with Gasteiger partial charge in [0, 0.05) is 95.5 Å². The fourth-order valence-corrected chi connectivity index (χ4v) is 17.9. The van der Waals surface area contributed by atoms with Crippen LogP contribution in [0.5, 0.6) is 0 Å². The molecule has 6 fully saturated rings. The van der Waals surface area contributed by atoms with E-state index in [1.165, 1.54) is 76.0 Å². The van der Waals surface area contributed by atoms with Crippen molar-refractivity contribution in [3.05, 3.63) is 12.2 Å². The SMILES string of the molecule is C#CC[C@H]1C(=O)N[C@@H]([C@@H](C)CC)C(=O)N(C)CC(=O)N(C)[C@H]2C/C=C\CCN(C2=O)[C@@H](CC2CCC(C(F)(F)F)CC2)C(=O)N(C)CC(=O)N[C@@H](CCC2CCC(C(F)(F)F)C(OC)C2)C(=O)N2C[C@H](OCC)C[C@H]2C(=O)NC2(CC(C)(C)C2)C(=O)N(C)[C@@H](C2CCCC2)C(=O)N(C)[C@H](C(=O)N(C)CC)CC(=O)N1C. The number of alkyl halides is 6. The Morgan fingerprint density at radius 1 is 0.691 bits per heavy atom. The Hall–Kier alpha value is -7.56. The third kappa shape index (κ3) is 21.6. The van der Waals surface area contributed by atoms with Crippen LogP contribution in [0.2, 0.25) is 0 Å². The van der Waals surface area contributed by atoms with Gasteiger partial charge in [0.1, 0.15) is 53.9 Å². The Balaban J connectivity index is 1.34. The van der Waals surface area contributed by atoms with E-state index in [4.69, 9.17) is 15.9 Å². The number of hydrogen-bond acceptors (Lipinski definition) is 14. The first-order chi connectivity index (χ1) is 51.6. The Morgan fingerprint density at radius 3 is 1.91 bits per heavy atom. The molecule has 0 aromatic rings. The first-order valence-corrected chi connectivity index (χ1v) is 39.3. The number of fused-ring (bicyclic) bond motifs is 3. The topological polar surface area (TPSA) is 289 Å². The minimum absolute atomic E-state index is 0.0257. The molecule has 2 saturated heterocycles. The fourth-order valence-electron chi connectivity index (χ4n) is 17.9. The molecule has 0 aromatic heterocycles. The van der Waals surface area contributed by atoms with Crippen molar-refractivity contribution in [1.82, 2.24) is 60.0 Å². The monoisotopic (exact) mass is 1560 g/mol. The number of halogens is 6. The second kappa shape index (κ2) is 38.3. The van der Waals surface area contributed by atoms with Crippen molar-refractivity contribution in [2.75, 3.05) is 95.8 Å². The van der Waals surface area contributed by atoms with Crippen LogP contribution in [0.25, 0.3) is 0 Å². The van der Waals surface area contributed by atoms with E-state index >= 15 is 28.8 Å². The summed E-state index contributed by atoms with van der Waals surface area (Å²) in [6.07, 6.45) is -1.13. The fraction of sp³-hybridized carbons (Fsp3) is 0.795. The van der Waals surface area contributed by atoms with Gasteiger partial charge in [-0.1, -0.05) is 59.1 Å². The molecule has 12 amide bonds. The number of rotatable bonds is 14. The number of carbonyl (C=O) groups excluding carboxylic acids is 12. The molecule has 2 bridgehead atoms. The average molecular weight is 1560 g/mol. The maximum Gasteiger partial charge on any atom is 0.394 e. The van der Waals surface area contributed by atoms with Gasteiger partial charge in [0.05, 0.1) is 43.6 Å². The maximum absolute atomic E-state index is 15.8. The van der Waals surface area contributed by atoms with Gasteiger partial charge in [-0.05, 0) is 146 Å². The Bertz CT molecular complexity index is 3370. The highest BCUT2D eigenvalue weighted by Gasteiger charge is 2.60. The van der Waals surface area contributed by atoms with Crippen LogP contribution in [0.1, 0.15) is 183 Å². The molecule has 3 heterocycles. The summed E-state index contributed by atoms with van der Waals surface area (Å²) in [6.45, 7) is 9.13. The standard InChI is InChI=1S/C78H120F6N12O14/c1-16-25-55-66(100)86-64(47(5)17-2)72(106)90(10)44-63(99)92(12)56-28-21-20-24-37-95(71(56)105)59(38-48-29-33-51(34-30-48)77(79,80)81)70(104)89(9)43-61(97)85-54(36-32-49-31-35-53(78(82,83)84)60(39-49)109-15)68(102)96-42-52(110-19-4)40-57(96)67(101)87-76(45-75(6,7)46-76)74(108)94(14)65(50-26-22-23-27-50)73(107)93(13)58(41-62(98)91(55)11)69(103)88(8)18-3/h1,20-21,47-60,64-65H,17-19,22-46H2,2-15H3,(H,85,97)(H,86,100)(H,87,101)/b21-20-/t47-,48?,49?,51?,52+,53?,54-,55-,56-,57-,58-,59-,60?,64-,65-/m0/s1. The molecule has 7 aliphatic rings. The second-order valence-corrected chi connectivity index (χ2v) is 32.9. The zero-order valence-corrected chi connectivity index (χ0v) is 66.8. The van der Waals surface area contributed by atoms with Gasteiger partial charge in [0.15, 0.2) is 0 Å². The summed E-state index contributed by atoms with van der Waals surface area (Å²) in [7, 11) is 10.7. The molecule has 0 aromatic carbocycles. The number of methoxy groups -OCH3 is 1. The summed E-state index contributed by atoms with van der Waals surface area (Å²) in [5, 5.41) is 8.60. The van der Waals surface area contributed by atoms with E-state index in [0.29, 0.717) is 32.1 Å². The molecule has 4 aliphatic carbocycles. The second-order valence-electron chi connectivity index (χ2n) is 32.9. The van der Waals surface area contributed by atoms with Crippen molar-refractivity contribution < 1.29 is 93.4 Å². The summed E-state index contributed by atoms with van der Waals surface area (Å²) >= 11 is 0. The molecular weight excluding hydrogens is 1440 g/mol. The van der Waals surface area contributed by atoms with Crippen molar-refractivity contribution in [3.8, 4) is 12.3 Å². The predicted octanol–water partition coefficient (Wildman–Crippen LogP) is 6.08. The summed E-state index contributed by atoms with van der Waals surface area (Å²) in [5.74, 6) is -12.3. The average Bonchev–Trinajstić information content (AvgIpc) is 0.961. The van der Waals surface area contributed by atoms with Crippen molar-refractivity contribution in [2.24, 2.45) is 40.9 Å². The van der Waals surface area contributed by atoms with E-state index in [-0.39, 0.29) is 129 Å². The number of nitrogens with one attached hydrogen (secondary N) is 3. The zero-order valence-electron chi connectivity index (χ0n) is 66.8. The molecule has 7 rings (SSSR count). The number of nitrogens with zero attached hydrogens (tertiary/aromatic N) is 9. The summed E-state index contributed by atoms with van der Waals surface area (Å²) in [6, 6.07) is -11.3. The van der Waals surface area contributed by atoms with Crippen LogP contribution in [-0.4, -0.2) is 289 Å². The zero-order chi connectivity index (χ0) is 81.8. The normalized spacial score (nSPS) is 31.3. The molecule has 4 saturated carbocycles. The van der Waals surface area contributed by atoms with Crippen molar-refractivity contribution >= 4 is 70.9 Å². The van der Waals surface area contributed by atoms with Gasteiger partial charge in [-0.3, -0.25) is 57.5 Å². The van der Waals surface area contributed by atoms with Crippen LogP contribution in [0.3, 0.4) is 0 Å². The van der Waals surface area contributed by atoms with Crippen LogP contribution >= 0.6 is 0 Å². The Kier molecular flexibility index (Phi) is 31.2. The van der Waals surface area contributed by atoms with Crippen LogP contribution in [0.4, 0.5) is 26.3 Å². The van der Waals surface area contributed by atoms with E-state index in [1.54, 1.807) is 39.8 Å². The van der Waals surface area contributed by atoms with Gasteiger partial charge in [0.2, 0.25) is 70.9 Å². The van der Waals surface area contributed by atoms with Crippen LogP contribution in [0, 0.1) is 53.3 Å². The van der Waals surface area contributed by atoms with E-state index in [0.717, 1.165) is 24.5 Å². The number of carbonyl (C=O) groups is 12. The van der Waals surface area contributed by atoms with E-state index in [9.17, 15) is 55.1 Å². The number of likely N-dealkylation sites (N-methyl/N-ethyl adjacent to an activating group) is 7. The lowest BCUT2D eigenvalue weighted by molar-refractivity contribution is -0.215. The predicted molar refractivity (Wildman–Crippen MR) is 394 cm³/mol. The lowest BCUT2D eigenvalue weighted by atomic mass is 9.58. The molecule has 110 heavy (non-hydrogen) atoms. The highest BCUT2D eigenvalue weighted by Crippen LogP contribution is 2.50. The summed E-state index contributed by atoms with van der Waals surface area (Å²) in [4.78, 5) is 193. The van der Waals surface area contributed by atoms with Crippen LogP contribution < -0.4 is 16.0 Å². The molecule has 32 heteroatoms. The number of amides is 12. The quantitative estimate of drug-likeness (QED) is 0.101. The first-order valence-electron chi connectivity index (χ1n) is 39.3. The summed E-state index contributed by atoms with van der Waals surface area (Å²) in [5.41, 5.74) is -2.29. The lowest BCUT2D eigenvalue weighted by Crippen LogP contribution is -2.71. The van der Waals surface area contributed by atoms with E-state index < -0.39 is 210 Å². The molecule has 3 N–H and O–H groups in total. The maximum atomic E-state index is 15.8. The van der Waals surface area contributed by atoms with Gasteiger partial charge in [-0.15, -0.1) is 12.3 Å². The number of ether oxygens (including phenoxy) is 2. The third-order valence-electron chi connectivity index (χ3n) is 24.6.